The fourth-order valence-corrected chi connectivity index (χ4v) is 1.74. The summed E-state index contributed by atoms with van der Waals surface area (Å²) in [4.78, 5) is 11.4. The first kappa shape index (κ1) is 13.1. The zero-order valence-electron chi connectivity index (χ0n) is 10.5. The average molecular weight is 256 g/mol. The largest absolute Gasteiger partial charge is 0.493 e. The van der Waals surface area contributed by atoms with Gasteiger partial charge >= 0.3 is 0 Å². The van der Waals surface area contributed by atoms with Crippen LogP contribution >= 0.6 is 0 Å². The Balaban J connectivity index is 1.91. The number of carbonyl (C=O) groups excluding carboxylic acids is 1. The van der Waals surface area contributed by atoms with Crippen LogP contribution in [-0.2, 0) is 6.42 Å². The van der Waals surface area contributed by atoms with E-state index in [1.807, 2.05) is 24.3 Å². The topological polar surface area (TPSA) is 64.3 Å². The predicted molar refractivity (Wildman–Crippen MR) is 73.7 cm³/mol. The van der Waals surface area contributed by atoms with Crippen molar-refractivity contribution in [1.29, 1.82) is 0 Å². The van der Waals surface area contributed by atoms with Gasteiger partial charge in [0.1, 0.15) is 5.75 Å². The van der Waals surface area contributed by atoms with Crippen molar-refractivity contribution in [2.24, 2.45) is 5.84 Å². The number of benzene rings is 2. The second-order valence-corrected chi connectivity index (χ2v) is 4.09. The lowest BCUT2D eigenvalue weighted by Gasteiger charge is -2.07. The molecule has 0 spiro atoms. The van der Waals surface area contributed by atoms with E-state index in [0.717, 1.165) is 6.42 Å². The van der Waals surface area contributed by atoms with Gasteiger partial charge in [0.25, 0.3) is 5.91 Å². The van der Waals surface area contributed by atoms with Crippen LogP contribution in [-0.4, -0.2) is 12.5 Å². The van der Waals surface area contributed by atoms with Crippen LogP contribution in [0.1, 0.15) is 15.9 Å². The summed E-state index contributed by atoms with van der Waals surface area (Å²) >= 11 is 0. The molecule has 0 saturated heterocycles. The summed E-state index contributed by atoms with van der Waals surface area (Å²) in [5, 5.41) is 0. The zero-order chi connectivity index (χ0) is 13.5. The normalized spacial score (nSPS) is 9.95. The summed E-state index contributed by atoms with van der Waals surface area (Å²) in [7, 11) is 0. The van der Waals surface area contributed by atoms with Gasteiger partial charge in [-0.1, -0.05) is 36.4 Å². The molecule has 2 aromatic rings. The lowest BCUT2D eigenvalue weighted by atomic mass is 10.2. The molecule has 0 unspecified atom stereocenters. The summed E-state index contributed by atoms with van der Waals surface area (Å²) in [6, 6.07) is 17.0. The van der Waals surface area contributed by atoms with E-state index in [4.69, 9.17) is 10.6 Å². The summed E-state index contributed by atoms with van der Waals surface area (Å²) < 4.78 is 5.62. The van der Waals surface area contributed by atoms with Gasteiger partial charge in [0, 0.05) is 12.0 Å². The van der Waals surface area contributed by atoms with Crippen LogP contribution in [0.25, 0.3) is 0 Å². The van der Waals surface area contributed by atoms with E-state index in [1.165, 1.54) is 5.56 Å². The van der Waals surface area contributed by atoms with E-state index in [2.05, 4.69) is 17.6 Å². The van der Waals surface area contributed by atoms with Crippen molar-refractivity contribution >= 4 is 5.91 Å². The number of ether oxygens (including phenoxy) is 1. The molecule has 0 bridgehead atoms. The fraction of sp³-hybridized carbons (Fsp3) is 0.133. The summed E-state index contributed by atoms with van der Waals surface area (Å²) in [6.07, 6.45) is 0.828. The van der Waals surface area contributed by atoms with Gasteiger partial charge in [0.15, 0.2) is 0 Å². The Morgan fingerprint density at radius 3 is 2.63 bits per heavy atom. The first-order valence-electron chi connectivity index (χ1n) is 6.07. The highest BCUT2D eigenvalue weighted by Crippen LogP contribution is 2.13. The molecule has 98 valence electrons. The van der Waals surface area contributed by atoms with Crippen LogP contribution in [0, 0.1) is 0 Å². The van der Waals surface area contributed by atoms with Crippen molar-refractivity contribution in [3.05, 3.63) is 65.7 Å². The van der Waals surface area contributed by atoms with Crippen molar-refractivity contribution in [1.82, 2.24) is 5.43 Å². The third-order valence-electron chi connectivity index (χ3n) is 2.73. The molecule has 1 amide bonds. The van der Waals surface area contributed by atoms with Crippen molar-refractivity contribution in [3.63, 3.8) is 0 Å². The van der Waals surface area contributed by atoms with Crippen molar-refractivity contribution in [3.8, 4) is 5.75 Å². The minimum atomic E-state index is -0.325. The van der Waals surface area contributed by atoms with Gasteiger partial charge in [0.05, 0.1) is 6.61 Å². The molecule has 4 nitrogen and oxygen atoms in total. The standard InChI is InChI=1S/C15H16N2O2/c16-17-15(18)13-7-4-8-14(11-13)19-10-9-12-5-2-1-3-6-12/h1-8,11H,9-10,16H2,(H,17,18). The minimum Gasteiger partial charge on any atom is -0.493 e. The van der Waals surface area contributed by atoms with Gasteiger partial charge in [-0.05, 0) is 23.8 Å². The Morgan fingerprint density at radius 2 is 1.89 bits per heavy atom. The quantitative estimate of drug-likeness (QED) is 0.488. The SMILES string of the molecule is NNC(=O)c1cccc(OCCc2ccccc2)c1. The van der Waals surface area contributed by atoms with E-state index in [-0.39, 0.29) is 5.91 Å². The van der Waals surface area contributed by atoms with Crippen molar-refractivity contribution in [2.45, 2.75) is 6.42 Å². The minimum absolute atomic E-state index is 0.325. The van der Waals surface area contributed by atoms with Gasteiger partial charge in [-0.3, -0.25) is 10.2 Å². The van der Waals surface area contributed by atoms with E-state index in [0.29, 0.717) is 17.9 Å². The third kappa shape index (κ3) is 3.82. The number of nitrogens with one attached hydrogen (secondary N) is 1. The van der Waals surface area contributed by atoms with Gasteiger partial charge in [-0.25, -0.2) is 5.84 Å². The lowest BCUT2D eigenvalue weighted by Crippen LogP contribution is -2.29. The average Bonchev–Trinajstić information content (AvgIpc) is 2.48. The number of carbonyl (C=O) groups is 1. The molecule has 0 radical (unpaired) electrons. The van der Waals surface area contributed by atoms with E-state index < -0.39 is 0 Å². The monoisotopic (exact) mass is 256 g/mol. The summed E-state index contributed by atoms with van der Waals surface area (Å²) in [5.41, 5.74) is 3.80. The Hall–Kier alpha value is -2.33. The maximum absolute atomic E-state index is 11.4. The molecule has 0 aliphatic carbocycles. The number of rotatable bonds is 5. The maximum atomic E-state index is 11.4. The van der Waals surface area contributed by atoms with Crippen LogP contribution in [0.2, 0.25) is 0 Å². The van der Waals surface area contributed by atoms with Gasteiger partial charge in [-0.15, -0.1) is 0 Å². The van der Waals surface area contributed by atoms with Crippen LogP contribution in [0.3, 0.4) is 0 Å². The molecule has 4 heteroatoms. The van der Waals surface area contributed by atoms with Gasteiger partial charge in [-0.2, -0.15) is 0 Å². The van der Waals surface area contributed by atoms with E-state index >= 15 is 0 Å². The maximum Gasteiger partial charge on any atom is 0.265 e. The molecule has 0 aliphatic rings. The molecule has 0 heterocycles. The Morgan fingerprint density at radius 1 is 1.11 bits per heavy atom. The number of hydrogen-bond acceptors (Lipinski definition) is 3. The highest BCUT2D eigenvalue weighted by Gasteiger charge is 2.04. The fourth-order valence-electron chi connectivity index (χ4n) is 1.74. The smallest absolute Gasteiger partial charge is 0.265 e. The molecule has 0 atom stereocenters. The molecular weight excluding hydrogens is 240 g/mol. The Bertz CT molecular complexity index is 541. The van der Waals surface area contributed by atoms with Crippen LogP contribution < -0.4 is 16.0 Å². The summed E-state index contributed by atoms with van der Waals surface area (Å²) in [6.45, 7) is 0.567. The van der Waals surface area contributed by atoms with Crippen molar-refractivity contribution < 1.29 is 9.53 Å². The van der Waals surface area contributed by atoms with Crippen LogP contribution in [0.4, 0.5) is 0 Å². The number of hydrazine groups is 1. The molecule has 2 rings (SSSR count). The van der Waals surface area contributed by atoms with Gasteiger partial charge < -0.3 is 4.74 Å². The number of amides is 1. The molecule has 0 saturated carbocycles. The first-order valence-corrected chi connectivity index (χ1v) is 6.07. The predicted octanol–water partition coefficient (Wildman–Crippen LogP) is 1.91. The second kappa shape index (κ2) is 6.56. The second-order valence-electron chi connectivity index (χ2n) is 4.09. The highest BCUT2D eigenvalue weighted by atomic mass is 16.5. The van der Waals surface area contributed by atoms with Crippen molar-refractivity contribution in [2.75, 3.05) is 6.61 Å². The molecule has 19 heavy (non-hydrogen) atoms. The molecular formula is C15H16N2O2. The lowest BCUT2D eigenvalue weighted by molar-refractivity contribution is 0.0953. The number of nitrogens with two attached hydrogens (primary N) is 1. The number of hydrogen-bond donors (Lipinski definition) is 2. The van der Waals surface area contributed by atoms with Crippen LogP contribution in [0.15, 0.2) is 54.6 Å². The Labute approximate surface area is 112 Å². The first-order chi connectivity index (χ1) is 9.29. The number of nitrogen functional groups attached to an aromatic ring is 1. The molecule has 3 N–H and O–H groups in total. The highest BCUT2D eigenvalue weighted by molar-refractivity contribution is 5.94. The molecule has 0 fully saturated rings. The van der Waals surface area contributed by atoms with E-state index in [1.54, 1.807) is 18.2 Å². The molecule has 0 aromatic heterocycles. The summed E-state index contributed by atoms with van der Waals surface area (Å²) in [5.74, 6) is 5.43. The zero-order valence-corrected chi connectivity index (χ0v) is 10.5. The van der Waals surface area contributed by atoms with Crippen LogP contribution in [0.5, 0.6) is 5.75 Å². The molecule has 2 aromatic carbocycles. The third-order valence-corrected chi connectivity index (χ3v) is 2.73. The van der Waals surface area contributed by atoms with Gasteiger partial charge in [0.2, 0.25) is 0 Å². The van der Waals surface area contributed by atoms with E-state index in [9.17, 15) is 4.79 Å². The molecule has 0 aliphatic heterocycles. The Kier molecular flexibility index (Phi) is 4.53.